The Morgan fingerprint density at radius 2 is 1.96 bits per heavy atom. The molecule has 3 heterocycles. The molecule has 7 heteroatoms. The van der Waals surface area contributed by atoms with Gasteiger partial charge in [-0.3, -0.25) is 9.69 Å². The van der Waals surface area contributed by atoms with Crippen molar-refractivity contribution >= 4 is 11.6 Å². The Hall–Kier alpha value is -2.51. The minimum absolute atomic E-state index is 0.0276. The van der Waals surface area contributed by atoms with Crippen molar-refractivity contribution in [2.45, 2.75) is 12.5 Å². The van der Waals surface area contributed by atoms with Crippen molar-refractivity contribution in [3.05, 3.63) is 59.7 Å². The zero-order valence-electron chi connectivity index (χ0n) is 15.3. The first-order valence-electron chi connectivity index (χ1n) is 9.18. The predicted octanol–water partition coefficient (Wildman–Crippen LogP) is 2.17. The topological polar surface area (TPSA) is 50.1 Å². The second-order valence-corrected chi connectivity index (χ2v) is 6.94. The summed E-state index contributed by atoms with van der Waals surface area (Å²) >= 11 is 0. The molecule has 1 fully saturated rings. The molecular formula is C20H23FN4O2. The van der Waals surface area contributed by atoms with Gasteiger partial charge in [0.25, 0.3) is 5.91 Å². The van der Waals surface area contributed by atoms with Crippen LogP contribution in [0.3, 0.4) is 0 Å². The molecule has 2 aliphatic rings. The van der Waals surface area contributed by atoms with Crippen LogP contribution in [-0.4, -0.2) is 58.9 Å². The predicted molar refractivity (Wildman–Crippen MR) is 99.8 cm³/mol. The first-order valence-corrected chi connectivity index (χ1v) is 9.18. The number of hydrazone groups is 1. The fourth-order valence-corrected chi connectivity index (χ4v) is 3.63. The summed E-state index contributed by atoms with van der Waals surface area (Å²) in [5.74, 6) is -0.309. The normalized spacial score (nSPS) is 20.7. The number of benzene rings is 1. The molecule has 1 saturated heterocycles. The molecule has 6 nitrogen and oxygen atoms in total. The molecular weight excluding hydrogens is 347 g/mol. The molecule has 0 bridgehead atoms. The second kappa shape index (κ2) is 7.62. The number of morpholine rings is 1. The van der Waals surface area contributed by atoms with Crippen LogP contribution in [0.15, 0.2) is 47.7 Å². The molecule has 2 aliphatic heterocycles. The van der Waals surface area contributed by atoms with E-state index in [2.05, 4.69) is 10.0 Å². The summed E-state index contributed by atoms with van der Waals surface area (Å²) < 4.78 is 20.6. The molecule has 142 valence electrons. The lowest BCUT2D eigenvalue weighted by Crippen LogP contribution is -2.43. The lowest BCUT2D eigenvalue weighted by molar-refractivity contribution is -0.135. The van der Waals surface area contributed by atoms with E-state index in [1.807, 2.05) is 29.9 Å². The maximum Gasteiger partial charge on any atom is 0.257 e. The monoisotopic (exact) mass is 370 g/mol. The Morgan fingerprint density at radius 1 is 1.22 bits per heavy atom. The van der Waals surface area contributed by atoms with Crippen molar-refractivity contribution in [1.29, 1.82) is 0 Å². The van der Waals surface area contributed by atoms with Crippen LogP contribution in [0.4, 0.5) is 4.39 Å². The molecule has 1 unspecified atom stereocenters. The van der Waals surface area contributed by atoms with Gasteiger partial charge in [0.15, 0.2) is 0 Å². The highest BCUT2D eigenvalue weighted by atomic mass is 19.1. The van der Waals surface area contributed by atoms with Gasteiger partial charge in [-0.1, -0.05) is 12.1 Å². The Labute approximate surface area is 157 Å². The van der Waals surface area contributed by atoms with Crippen LogP contribution in [0.2, 0.25) is 0 Å². The molecule has 1 amide bonds. The van der Waals surface area contributed by atoms with E-state index in [9.17, 15) is 9.18 Å². The number of rotatable bonds is 4. The van der Waals surface area contributed by atoms with Gasteiger partial charge in [0.05, 0.1) is 25.5 Å². The van der Waals surface area contributed by atoms with Gasteiger partial charge in [0.1, 0.15) is 11.9 Å². The molecule has 1 aromatic carbocycles. The first kappa shape index (κ1) is 17.9. The first-order chi connectivity index (χ1) is 13.1. The van der Waals surface area contributed by atoms with Gasteiger partial charge in [-0.05, 0) is 29.8 Å². The number of aromatic nitrogens is 1. The maximum absolute atomic E-state index is 13.3. The standard InChI is InChI=1S/C20H23FN4O2/c1-23-8-2-3-18(23)19-13-17(15-4-6-16(21)7-5-15)22-25(19)20(26)14-24-9-11-27-12-10-24/h2-8,19H,9-14H2,1H3. The summed E-state index contributed by atoms with van der Waals surface area (Å²) in [6.07, 6.45) is 2.58. The average molecular weight is 370 g/mol. The van der Waals surface area contributed by atoms with Crippen molar-refractivity contribution in [1.82, 2.24) is 14.5 Å². The average Bonchev–Trinajstić information content (AvgIpc) is 3.29. The van der Waals surface area contributed by atoms with E-state index < -0.39 is 0 Å². The van der Waals surface area contributed by atoms with Crippen LogP contribution in [0.25, 0.3) is 0 Å². The van der Waals surface area contributed by atoms with Gasteiger partial charge in [0.2, 0.25) is 0 Å². The summed E-state index contributed by atoms with van der Waals surface area (Å²) in [6, 6.07) is 10.1. The fraction of sp³-hybridized carbons (Fsp3) is 0.400. The van der Waals surface area contributed by atoms with E-state index in [4.69, 9.17) is 4.74 Å². The number of halogens is 1. The smallest absolute Gasteiger partial charge is 0.257 e. The van der Waals surface area contributed by atoms with Crippen LogP contribution < -0.4 is 0 Å². The minimum atomic E-state index is -0.281. The van der Waals surface area contributed by atoms with Crippen molar-refractivity contribution < 1.29 is 13.9 Å². The molecule has 1 atom stereocenters. The third-order valence-corrected chi connectivity index (χ3v) is 5.13. The molecule has 0 radical (unpaired) electrons. The maximum atomic E-state index is 13.3. The second-order valence-electron chi connectivity index (χ2n) is 6.94. The molecule has 4 rings (SSSR count). The summed E-state index contributed by atoms with van der Waals surface area (Å²) in [7, 11) is 1.97. The fourth-order valence-electron chi connectivity index (χ4n) is 3.63. The number of amides is 1. The van der Waals surface area contributed by atoms with E-state index in [0.29, 0.717) is 26.2 Å². The summed E-state index contributed by atoms with van der Waals surface area (Å²) in [6.45, 7) is 3.13. The lowest BCUT2D eigenvalue weighted by atomic mass is 10.0. The largest absolute Gasteiger partial charge is 0.379 e. The van der Waals surface area contributed by atoms with E-state index in [1.54, 1.807) is 17.1 Å². The van der Waals surface area contributed by atoms with E-state index in [-0.39, 0.29) is 17.8 Å². The van der Waals surface area contributed by atoms with Gasteiger partial charge in [0, 0.05) is 38.4 Å². The van der Waals surface area contributed by atoms with E-state index >= 15 is 0 Å². The lowest BCUT2D eigenvalue weighted by Gasteiger charge is -2.29. The Bertz CT molecular complexity index is 840. The third kappa shape index (κ3) is 3.79. The van der Waals surface area contributed by atoms with Gasteiger partial charge in [-0.2, -0.15) is 5.10 Å². The highest BCUT2D eigenvalue weighted by molar-refractivity contribution is 6.03. The molecule has 0 spiro atoms. The molecule has 27 heavy (non-hydrogen) atoms. The van der Waals surface area contributed by atoms with Crippen molar-refractivity contribution in [2.24, 2.45) is 12.1 Å². The molecule has 0 saturated carbocycles. The molecule has 0 aliphatic carbocycles. The SMILES string of the molecule is Cn1cccc1C1CC(c2ccc(F)cc2)=NN1C(=O)CN1CCOCC1. The summed E-state index contributed by atoms with van der Waals surface area (Å²) in [4.78, 5) is 15.1. The number of hydrogen-bond acceptors (Lipinski definition) is 4. The van der Waals surface area contributed by atoms with Crippen LogP contribution in [0, 0.1) is 5.82 Å². The number of nitrogens with zero attached hydrogens (tertiary/aromatic N) is 4. The quantitative estimate of drug-likeness (QED) is 0.829. The van der Waals surface area contributed by atoms with Gasteiger partial charge in [-0.25, -0.2) is 9.40 Å². The molecule has 2 aromatic rings. The van der Waals surface area contributed by atoms with E-state index in [1.165, 1.54) is 12.1 Å². The number of carbonyl (C=O) groups excluding carboxylic acids is 1. The number of ether oxygens (including phenoxy) is 1. The van der Waals surface area contributed by atoms with Gasteiger partial charge in [-0.15, -0.1) is 0 Å². The zero-order valence-corrected chi connectivity index (χ0v) is 15.3. The Kier molecular flexibility index (Phi) is 5.05. The number of hydrogen-bond donors (Lipinski definition) is 0. The Morgan fingerprint density at radius 3 is 2.63 bits per heavy atom. The van der Waals surface area contributed by atoms with Crippen LogP contribution in [0.1, 0.15) is 23.7 Å². The number of carbonyl (C=O) groups is 1. The van der Waals surface area contributed by atoms with Gasteiger partial charge >= 0.3 is 0 Å². The van der Waals surface area contributed by atoms with Gasteiger partial charge < -0.3 is 9.30 Å². The number of aryl methyl sites for hydroxylation is 1. The van der Waals surface area contributed by atoms with Crippen molar-refractivity contribution in [2.75, 3.05) is 32.8 Å². The summed E-state index contributed by atoms with van der Waals surface area (Å²) in [5.41, 5.74) is 2.68. The van der Waals surface area contributed by atoms with Crippen LogP contribution in [-0.2, 0) is 16.6 Å². The minimum Gasteiger partial charge on any atom is -0.379 e. The van der Waals surface area contributed by atoms with Crippen LogP contribution >= 0.6 is 0 Å². The zero-order chi connectivity index (χ0) is 18.8. The highest BCUT2D eigenvalue weighted by Crippen LogP contribution is 2.33. The molecule has 0 N–H and O–H groups in total. The highest BCUT2D eigenvalue weighted by Gasteiger charge is 2.35. The third-order valence-electron chi connectivity index (χ3n) is 5.13. The summed E-state index contributed by atoms with van der Waals surface area (Å²) in [5, 5.41) is 6.24. The molecule has 1 aromatic heterocycles. The Balaban J connectivity index is 1.59. The van der Waals surface area contributed by atoms with Crippen molar-refractivity contribution in [3.8, 4) is 0 Å². The van der Waals surface area contributed by atoms with Crippen LogP contribution in [0.5, 0.6) is 0 Å². The van der Waals surface area contributed by atoms with E-state index in [0.717, 1.165) is 30.1 Å². The van der Waals surface area contributed by atoms with Crippen molar-refractivity contribution in [3.63, 3.8) is 0 Å².